The molecule has 2 aromatic carbocycles. The van der Waals surface area contributed by atoms with Gasteiger partial charge in [0.1, 0.15) is 17.9 Å². The Labute approximate surface area is 206 Å². The highest BCUT2D eigenvalue weighted by Gasteiger charge is 2.34. The number of nitro benzene ring substituents is 1. The van der Waals surface area contributed by atoms with Crippen molar-refractivity contribution in [2.45, 2.75) is 44.7 Å². The minimum Gasteiger partial charge on any atom is -0.466 e. The van der Waals surface area contributed by atoms with E-state index in [4.69, 9.17) is 10.5 Å². The van der Waals surface area contributed by atoms with Crippen LogP contribution in [0.15, 0.2) is 48.5 Å². The van der Waals surface area contributed by atoms with E-state index in [9.17, 15) is 33.7 Å². The van der Waals surface area contributed by atoms with Crippen molar-refractivity contribution in [3.63, 3.8) is 0 Å². The molecule has 2 rings (SSSR count). The van der Waals surface area contributed by atoms with Gasteiger partial charge in [0.05, 0.1) is 18.0 Å². The first-order valence-corrected chi connectivity index (χ1v) is 11.0. The van der Waals surface area contributed by atoms with E-state index in [1.54, 1.807) is 6.92 Å². The van der Waals surface area contributed by atoms with Crippen molar-refractivity contribution >= 4 is 29.4 Å². The van der Waals surface area contributed by atoms with E-state index in [1.165, 1.54) is 55.5 Å². The molecule has 0 radical (unpaired) electrons. The molecule has 3 amide bonds. The number of rotatable bonds is 12. The average molecular weight is 502 g/mol. The van der Waals surface area contributed by atoms with Crippen molar-refractivity contribution in [2.24, 2.45) is 5.73 Å². The van der Waals surface area contributed by atoms with Crippen LogP contribution in [0.1, 0.15) is 37.3 Å². The number of esters is 1. The molecule has 0 saturated carbocycles. The SMILES string of the molecule is CCOC(=O)C[C@@H](c1ccc([N+](=O)[O-])cc1)[C@@H](NC(=O)[C@@H](Cc1ccc(F)cc1)NC(C)=O)C(N)=O. The number of benzene rings is 2. The van der Waals surface area contributed by atoms with Gasteiger partial charge in [-0.15, -0.1) is 0 Å². The molecule has 11 nitrogen and oxygen atoms in total. The molecular weight excluding hydrogens is 475 g/mol. The number of nitrogens with one attached hydrogen (secondary N) is 2. The van der Waals surface area contributed by atoms with Crippen LogP contribution in [0.25, 0.3) is 0 Å². The molecule has 12 heteroatoms. The van der Waals surface area contributed by atoms with Crippen molar-refractivity contribution in [3.05, 3.63) is 75.6 Å². The van der Waals surface area contributed by atoms with Gasteiger partial charge in [-0.25, -0.2) is 4.39 Å². The molecule has 0 aliphatic heterocycles. The fourth-order valence-electron chi connectivity index (χ4n) is 3.61. The van der Waals surface area contributed by atoms with Gasteiger partial charge >= 0.3 is 5.97 Å². The highest BCUT2D eigenvalue weighted by Crippen LogP contribution is 2.27. The lowest BCUT2D eigenvalue weighted by Gasteiger charge is -2.27. The summed E-state index contributed by atoms with van der Waals surface area (Å²) in [6.45, 7) is 2.87. The summed E-state index contributed by atoms with van der Waals surface area (Å²) in [6.07, 6.45) is -0.375. The first-order valence-electron chi connectivity index (χ1n) is 11.0. The number of ether oxygens (including phenoxy) is 1. The molecule has 2 aromatic rings. The largest absolute Gasteiger partial charge is 0.466 e. The minimum absolute atomic E-state index is 0.0166. The molecule has 0 fully saturated rings. The smallest absolute Gasteiger partial charge is 0.306 e. The zero-order chi connectivity index (χ0) is 26.8. The molecule has 3 atom stereocenters. The van der Waals surface area contributed by atoms with Gasteiger partial charge in [-0.3, -0.25) is 29.3 Å². The van der Waals surface area contributed by atoms with Crippen molar-refractivity contribution < 1.29 is 33.2 Å². The number of hydrogen-bond donors (Lipinski definition) is 3. The van der Waals surface area contributed by atoms with Crippen molar-refractivity contribution in [2.75, 3.05) is 6.61 Å². The molecule has 0 aliphatic carbocycles. The molecule has 192 valence electrons. The van der Waals surface area contributed by atoms with Crippen LogP contribution >= 0.6 is 0 Å². The topological polar surface area (TPSA) is 171 Å². The molecule has 0 saturated heterocycles. The van der Waals surface area contributed by atoms with Gasteiger partial charge in [-0.1, -0.05) is 24.3 Å². The summed E-state index contributed by atoms with van der Waals surface area (Å²) >= 11 is 0. The number of amides is 3. The predicted molar refractivity (Wildman–Crippen MR) is 126 cm³/mol. The number of nitro groups is 1. The van der Waals surface area contributed by atoms with Gasteiger partial charge in [0.2, 0.25) is 17.7 Å². The first kappa shape index (κ1) is 27.9. The van der Waals surface area contributed by atoms with E-state index >= 15 is 0 Å². The van der Waals surface area contributed by atoms with E-state index in [1.807, 2.05) is 0 Å². The Kier molecular flexibility index (Phi) is 10.0. The normalized spacial score (nSPS) is 13.1. The van der Waals surface area contributed by atoms with Gasteiger partial charge < -0.3 is 21.1 Å². The summed E-state index contributed by atoms with van der Waals surface area (Å²) in [6, 6.07) is 7.84. The summed E-state index contributed by atoms with van der Waals surface area (Å²) in [5.41, 5.74) is 6.24. The number of halogens is 1. The van der Waals surface area contributed by atoms with E-state index in [-0.39, 0.29) is 25.1 Å². The van der Waals surface area contributed by atoms with Crippen LogP contribution in [-0.2, 0) is 30.3 Å². The number of nitrogens with two attached hydrogens (primary N) is 1. The van der Waals surface area contributed by atoms with Crippen molar-refractivity contribution in [1.82, 2.24) is 10.6 Å². The second-order valence-electron chi connectivity index (χ2n) is 7.94. The molecule has 4 N–H and O–H groups in total. The van der Waals surface area contributed by atoms with Crippen LogP contribution < -0.4 is 16.4 Å². The number of primary amides is 1. The van der Waals surface area contributed by atoms with Crippen LogP contribution in [0.3, 0.4) is 0 Å². The van der Waals surface area contributed by atoms with Gasteiger partial charge in [-0.05, 0) is 30.2 Å². The summed E-state index contributed by atoms with van der Waals surface area (Å²) < 4.78 is 18.2. The molecule has 0 heterocycles. The Morgan fingerprint density at radius 1 is 1.06 bits per heavy atom. The van der Waals surface area contributed by atoms with E-state index in [0.717, 1.165) is 0 Å². The third-order valence-electron chi connectivity index (χ3n) is 5.28. The van der Waals surface area contributed by atoms with E-state index in [2.05, 4.69) is 10.6 Å². The van der Waals surface area contributed by atoms with Gasteiger partial charge in [-0.2, -0.15) is 0 Å². The van der Waals surface area contributed by atoms with E-state index in [0.29, 0.717) is 11.1 Å². The monoisotopic (exact) mass is 502 g/mol. The Hall–Kier alpha value is -4.35. The molecule has 36 heavy (non-hydrogen) atoms. The van der Waals surface area contributed by atoms with Crippen LogP contribution in [0.4, 0.5) is 10.1 Å². The number of carbonyl (C=O) groups excluding carboxylic acids is 4. The Morgan fingerprint density at radius 2 is 1.67 bits per heavy atom. The Balaban J connectivity index is 2.37. The first-order chi connectivity index (χ1) is 17.0. The third-order valence-corrected chi connectivity index (χ3v) is 5.28. The number of hydrogen-bond acceptors (Lipinski definition) is 7. The maximum Gasteiger partial charge on any atom is 0.306 e. The molecule has 0 aromatic heterocycles. The number of non-ortho nitro benzene ring substituents is 1. The van der Waals surface area contributed by atoms with Gasteiger partial charge in [0, 0.05) is 31.4 Å². The highest BCUT2D eigenvalue weighted by molar-refractivity contribution is 5.92. The summed E-state index contributed by atoms with van der Waals surface area (Å²) in [4.78, 5) is 60.0. The minimum atomic E-state index is -1.42. The standard InChI is InChI=1S/C24H27FN4O7/c1-3-36-21(31)13-19(16-6-10-18(11-7-16)29(34)35)22(23(26)32)28-24(33)20(27-14(2)30)12-15-4-8-17(25)9-5-15/h4-11,19-20,22H,3,12-13H2,1-2H3,(H2,26,32)(H,27,30)(H,28,33)/t19-,20+,22+/m0/s1. The lowest BCUT2D eigenvalue weighted by atomic mass is 9.87. The fourth-order valence-corrected chi connectivity index (χ4v) is 3.61. The lowest BCUT2D eigenvalue weighted by Crippen LogP contribution is -2.55. The molecular formula is C24H27FN4O7. The maximum absolute atomic E-state index is 13.3. The second-order valence-corrected chi connectivity index (χ2v) is 7.94. The van der Waals surface area contributed by atoms with Gasteiger partial charge in [0.25, 0.3) is 5.69 Å². The van der Waals surface area contributed by atoms with Crippen molar-refractivity contribution in [3.8, 4) is 0 Å². The van der Waals surface area contributed by atoms with Crippen LogP contribution in [0.5, 0.6) is 0 Å². The number of nitrogens with zero attached hydrogens (tertiary/aromatic N) is 1. The zero-order valence-corrected chi connectivity index (χ0v) is 19.7. The van der Waals surface area contributed by atoms with E-state index < -0.39 is 52.4 Å². The summed E-state index contributed by atoms with van der Waals surface area (Å²) in [7, 11) is 0. The average Bonchev–Trinajstić information content (AvgIpc) is 2.82. The maximum atomic E-state index is 13.3. The quantitative estimate of drug-likeness (QED) is 0.224. The Bertz CT molecular complexity index is 1110. The van der Waals surface area contributed by atoms with Crippen molar-refractivity contribution in [1.29, 1.82) is 0 Å². The molecule has 0 bridgehead atoms. The lowest BCUT2D eigenvalue weighted by molar-refractivity contribution is -0.384. The summed E-state index contributed by atoms with van der Waals surface area (Å²) in [5, 5.41) is 16.0. The zero-order valence-electron chi connectivity index (χ0n) is 19.7. The fraction of sp³-hybridized carbons (Fsp3) is 0.333. The second kappa shape index (κ2) is 12.9. The molecule has 0 spiro atoms. The molecule has 0 unspecified atom stereocenters. The number of carbonyl (C=O) groups is 4. The molecule has 0 aliphatic rings. The third kappa shape index (κ3) is 8.15. The van der Waals surface area contributed by atoms with Crippen LogP contribution in [-0.4, -0.2) is 47.3 Å². The highest BCUT2D eigenvalue weighted by atomic mass is 19.1. The van der Waals surface area contributed by atoms with Crippen LogP contribution in [0.2, 0.25) is 0 Å². The van der Waals surface area contributed by atoms with Crippen LogP contribution in [0, 0.1) is 15.9 Å². The Morgan fingerprint density at radius 3 is 2.17 bits per heavy atom. The van der Waals surface area contributed by atoms with Gasteiger partial charge in [0.15, 0.2) is 0 Å². The summed E-state index contributed by atoms with van der Waals surface area (Å²) in [5.74, 6) is -4.43. The predicted octanol–water partition coefficient (Wildman–Crippen LogP) is 1.49.